The number of carbonyl (C=O) groups is 1. The van der Waals surface area contributed by atoms with E-state index in [0.29, 0.717) is 13.0 Å². The van der Waals surface area contributed by atoms with Crippen molar-refractivity contribution in [3.05, 3.63) is 77.9 Å². The number of carbonyl (C=O) groups excluding carboxylic acids is 1. The fourth-order valence-electron chi connectivity index (χ4n) is 3.77. The molecule has 1 aromatic heterocycles. The third-order valence-electron chi connectivity index (χ3n) is 5.47. The monoisotopic (exact) mass is 389 g/mol. The van der Waals surface area contributed by atoms with E-state index in [4.69, 9.17) is 4.74 Å². The Morgan fingerprint density at radius 1 is 1.14 bits per heavy atom. The van der Waals surface area contributed by atoms with Crippen LogP contribution in [0.15, 0.2) is 61.2 Å². The van der Waals surface area contributed by atoms with Crippen LogP contribution in [0.4, 0.5) is 0 Å². The molecule has 5 nitrogen and oxygen atoms in total. The Bertz CT molecular complexity index is 949. The number of nitrogens with one attached hydrogen (secondary N) is 1. The molecule has 4 rings (SSSR count). The summed E-state index contributed by atoms with van der Waals surface area (Å²) >= 11 is 0. The molecule has 0 saturated heterocycles. The molecule has 1 unspecified atom stereocenters. The molecule has 0 spiro atoms. The third kappa shape index (κ3) is 4.67. The Balaban J connectivity index is 1.34. The van der Waals surface area contributed by atoms with Crippen LogP contribution in [0, 0.1) is 0 Å². The quantitative estimate of drug-likeness (QED) is 0.658. The second-order valence-corrected chi connectivity index (χ2v) is 7.51. The van der Waals surface area contributed by atoms with Gasteiger partial charge < -0.3 is 14.6 Å². The average Bonchev–Trinajstić information content (AvgIpc) is 3.31. The third-order valence-corrected chi connectivity index (χ3v) is 5.47. The van der Waals surface area contributed by atoms with Gasteiger partial charge in [-0.15, -0.1) is 0 Å². The van der Waals surface area contributed by atoms with E-state index in [1.165, 1.54) is 24.0 Å². The summed E-state index contributed by atoms with van der Waals surface area (Å²) in [6.07, 6.45) is 10.3. The summed E-state index contributed by atoms with van der Waals surface area (Å²) < 4.78 is 7.97. The van der Waals surface area contributed by atoms with Gasteiger partial charge >= 0.3 is 0 Å². The molecule has 150 valence electrons. The highest BCUT2D eigenvalue weighted by Gasteiger charge is 2.19. The molecular formula is C24H27N3O2. The molecule has 2 aromatic carbocycles. The van der Waals surface area contributed by atoms with Crippen LogP contribution < -0.4 is 10.1 Å². The maximum atomic E-state index is 12.6. The largest absolute Gasteiger partial charge is 0.481 e. The standard InChI is InChI=1S/C24H27N3O2/c1-2-23(29-22-12-9-19-5-3-4-6-20(19)15-22)24(28)26-16-18-7-10-21(11-8-18)27-14-13-25-17-27/h7-15,17,23H,2-6,16H2,1H3,(H,26,28). The van der Waals surface area contributed by atoms with E-state index in [1.807, 2.05) is 48.0 Å². The number of amides is 1. The van der Waals surface area contributed by atoms with E-state index in [1.54, 1.807) is 12.5 Å². The molecule has 1 aliphatic carbocycles. The Morgan fingerprint density at radius 2 is 1.93 bits per heavy atom. The van der Waals surface area contributed by atoms with Gasteiger partial charge in [-0.1, -0.05) is 25.1 Å². The van der Waals surface area contributed by atoms with E-state index < -0.39 is 6.10 Å². The highest BCUT2D eigenvalue weighted by atomic mass is 16.5. The fourth-order valence-corrected chi connectivity index (χ4v) is 3.77. The van der Waals surface area contributed by atoms with Gasteiger partial charge in [0.15, 0.2) is 6.10 Å². The zero-order valence-electron chi connectivity index (χ0n) is 16.8. The van der Waals surface area contributed by atoms with Crippen LogP contribution in [-0.4, -0.2) is 21.6 Å². The number of imidazole rings is 1. The Hall–Kier alpha value is -3.08. The van der Waals surface area contributed by atoms with Crippen molar-refractivity contribution in [1.29, 1.82) is 0 Å². The van der Waals surface area contributed by atoms with Crippen molar-refractivity contribution in [2.75, 3.05) is 0 Å². The molecule has 29 heavy (non-hydrogen) atoms. The van der Waals surface area contributed by atoms with Crippen molar-refractivity contribution in [1.82, 2.24) is 14.9 Å². The molecule has 5 heteroatoms. The van der Waals surface area contributed by atoms with Crippen molar-refractivity contribution >= 4 is 5.91 Å². The van der Waals surface area contributed by atoms with Crippen molar-refractivity contribution in [3.8, 4) is 11.4 Å². The normalized spacial score (nSPS) is 14.1. The molecule has 0 fully saturated rings. The average molecular weight is 389 g/mol. The van der Waals surface area contributed by atoms with Gasteiger partial charge in [-0.25, -0.2) is 4.98 Å². The van der Waals surface area contributed by atoms with Crippen LogP contribution in [0.3, 0.4) is 0 Å². The lowest BCUT2D eigenvalue weighted by Gasteiger charge is -2.20. The van der Waals surface area contributed by atoms with Crippen molar-refractivity contribution in [2.45, 2.75) is 51.7 Å². The first-order valence-corrected chi connectivity index (χ1v) is 10.4. The van der Waals surface area contributed by atoms with Gasteiger partial charge in [0.05, 0.1) is 6.33 Å². The first-order valence-electron chi connectivity index (χ1n) is 10.4. The molecule has 1 amide bonds. The maximum Gasteiger partial charge on any atom is 0.261 e. The number of ether oxygens (including phenoxy) is 1. The first-order chi connectivity index (χ1) is 14.2. The van der Waals surface area contributed by atoms with Gasteiger partial charge in [-0.2, -0.15) is 0 Å². The lowest BCUT2D eigenvalue weighted by molar-refractivity contribution is -0.128. The Morgan fingerprint density at radius 3 is 2.66 bits per heavy atom. The van der Waals surface area contributed by atoms with E-state index in [2.05, 4.69) is 22.4 Å². The number of hydrogen-bond donors (Lipinski definition) is 1. The van der Waals surface area contributed by atoms with Gasteiger partial charge in [-0.05, 0) is 73.1 Å². The van der Waals surface area contributed by atoms with E-state index >= 15 is 0 Å². The summed E-state index contributed by atoms with van der Waals surface area (Å²) in [5, 5.41) is 3.00. The molecule has 1 aliphatic rings. The summed E-state index contributed by atoms with van der Waals surface area (Å²) in [7, 11) is 0. The van der Waals surface area contributed by atoms with Crippen molar-refractivity contribution in [2.24, 2.45) is 0 Å². The fraction of sp³-hybridized carbons (Fsp3) is 0.333. The van der Waals surface area contributed by atoms with Crippen LogP contribution >= 0.6 is 0 Å². The molecule has 0 bridgehead atoms. The second-order valence-electron chi connectivity index (χ2n) is 7.51. The minimum atomic E-state index is -0.484. The number of aromatic nitrogens is 2. The highest BCUT2D eigenvalue weighted by Crippen LogP contribution is 2.26. The van der Waals surface area contributed by atoms with Crippen LogP contribution in [0.5, 0.6) is 5.75 Å². The second kappa shape index (κ2) is 8.95. The molecule has 3 aromatic rings. The topological polar surface area (TPSA) is 56.1 Å². The number of hydrogen-bond acceptors (Lipinski definition) is 3. The van der Waals surface area contributed by atoms with Crippen molar-refractivity contribution < 1.29 is 9.53 Å². The predicted molar refractivity (Wildman–Crippen MR) is 113 cm³/mol. The van der Waals surface area contributed by atoms with Crippen molar-refractivity contribution in [3.63, 3.8) is 0 Å². The van der Waals surface area contributed by atoms with Gasteiger partial charge in [0, 0.05) is 24.6 Å². The molecule has 0 aliphatic heterocycles. The molecule has 1 N–H and O–H groups in total. The summed E-state index contributed by atoms with van der Waals surface area (Å²) in [4.78, 5) is 16.7. The van der Waals surface area contributed by atoms with Gasteiger partial charge in [0.25, 0.3) is 5.91 Å². The van der Waals surface area contributed by atoms with E-state index in [9.17, 15) is 4.79 Å². The molecular weight excluding hydrogens is 362 g/mol. The Kier molecular flexibility index (Phi) is 5.94. The Labute approximate surface area is 171 Å². The smallest absolute Gasteiger partial charge is 0.261 e. The van der Waals surface area contributed by atoms with E-state index in [0.717, 1.165) is 29.8 Å². The van der Waals surface area contributed by atoms with Crippen LogP contribution in [0.2, 0.25) is 0 Å². The van der Waals surface area contributed by atoms with E-state index in [-0.39, 0.29) is 5.91 Å². The first kappa shape index (κ1) is 19.2. The highest BCUT2D eigenvalue weighted by molar-refractivity contribution is 5.81. The SMILES string of the molecule is CCC(Oc1ccc2c(c1)CCCC2)C(=O)NCc1ccc(-n2ccnc2)cc1. The number of benzene rings is 2. The number of fused-ring (bicyclic) bond motifs is 1. The van der Waals surface area contributed by atoms with Gasteiger partial charge in [0.1, 0.15) is 5.75 Å². The minimum Gasteiger partial charge on any atom is -0.481 e. The summed E-state index contributed by atoms with van der Waals surface area (Å²) in [6, 6.07) is 14.3. The molecule has 0 radical (unpaired) electrons. The van der Waals surface area contributed by atoms with Gasteiger partial charge in [-0.3, -0.25) is 4.79 Å². The summed E-state index contributed by atoms with van der Waals surface area (Å²) in [6.45, 7) is 2.45. The lowest BCUT2D eigenvalue weighted by atomic mass is 9.92. The number of rotatable bonds is 7. The van der Waals surface area contributed by atoms with Gasteiger partial charge in [0.2, 0.25) is 0 Å². The molecule has 1 heterocycles. The zero-order valence-corrected chi connectivity index (χ0v) is 16.8. The van der Waals surface area contributed by atoms with Crippen LogP contribution in [0.1, 0.15) is 42.9 Å². The van der Waals surface area contributed by atoms with Crippen LogP contribution in [-0.2, 0) is 24.2 Å². The zero-order chi connectivity index (χ0) is 20.1. The predicted octanol–water partition coefficient (Wildman–Crippen LogP) is 4.22. The summed E-state index contributed by atoms with van der Waals surface area (Å²) in [5.41, 5.74) is 4.87. The molecule has 0 saturated carbocycles. The number of nitrogens with zero attached hydrogens (tertiary/aromatic N) is 2. The maximum absolute atomic E-state index is 12.6. The number of aryl methyl sites for hydroxylation is 2. The summed E-state index contributed by atoms with van der Waals surface area (Å²) in [5.74, 6) is 0.709. The minimum absolute atomic E-state index is 0.0797. The molecule has 1 atom stereocenters. The van der Waals surface area contributed by atoms with Crippen LogP contribution in [0.25, 0.3) is 5.69 Å². The lowest BCUT2D eigenvalue weighted by Crippen LogP contribution is -2.37.